The van der Waals surface area contributed by atoms with Crippen LogP contribution >= 0.6 is 11.6 Å². The van der Waals surface area contributed by atoms with E-state index in [1.807, 2.05) is 36.4 Å². The number of hydrogen-bond donors (Lipinski definition) is 1. The number of morpholine rings is 1. The fourth-order valence-corrected chi connectivity index (χ4v) is 3.38. The molecule has 1 N–H and O–H groups in total. The minimum atomic E-state index is -0.00547. The van der Waals surface area contributed by atoms with Gasteiger partial charge >= 0.3 is 0 Å². The molecule has 1 aliphatic rings. The van der Waals surface area contributed by atoms with Crippen molar-refractivity contribution in [1.29, 1.82) is 0 Å². The molecule has 26 heavy (non-hydrogen) atoms. The molecule has 3 aromatic rings. The van der Waals surface area contributed by atoms with Gasteiger partial charge in [0.2, 0.25) is 5.28 Å². The molecule has 0 amide bonds. The maximum atomic E-state index is 9.35. The molecule has 0 bridgehead atoms. The normalized spacial score (nSPS) is 17.7. The van der Waals surface area contributed by atoms with Gasteiger partial charge in [0, 0.05) is 12.1 Å². The second kappa shape index (κ2) is 7.15. The Morgan fingerprint density at radius 2 is 2.12 bits per heavy atom. The molecule has 1 aromatic carbocycles. The Hall–Kier alpha value is -2.28. The van der Waals surface area contributed by atoms with Gasteiger partial charge in [0.1, 0.15) is 5.82 Å². The Morgan fingerprint density at radius 3 is 2.92 bits per heavy atom. The summed E-state index contributed by atoms with van der Waals surface area (Å²) >= 11 is 6.18. The van der Waals surface area contributed by atoms with Crippen LogP contribution in [0.2, 0.25) is 5.28 Å². The molecule has 0 spiro atoms. The molecule has 2 aromatic heterocycles. The molecule has 0 saturated carbocycles. The summed E-state index contributed by atoms with van der Waals surface area (Å²) in [6, 6.07) is 11.8. The third kappa shape index (κ3) is 3.23. The topological polar surface area (TPSA) is 71.4 Å². The maximum absolute atomic E-state index is 9.35. The van der Waals surface area contributed by atoms with Crippen LogP contribution in [0.3, 0.4) is 0 Å². The average molecular weight is 371 g/mol. The molecule has 134 valence electrons. The van der Waals surface area contributed by atoms with Crippen molar-refractivity contribution < 1.29 is 9.84 Å². The van der Waals surface area contributed by atoms with Crippen LogP contribution in [0.1, 0.15) is 12.5 Å². The molecule has 6 nitrogen and oxygen atoms in total. The van der Waals surface area contributed by atoms with Crippen LogP contribution in [0.15, 0.2) is 36.4 Å². The highest BCUT2D eigenvalue weighted by molar-refractivity contribution is 6.28. The molecule has 1 aliphatic heterocycles. The molecule has 1 saturated heterocycles. The third-order valence-electron chi connectivity index (χ3n) is 4.56. The number of anilines is 1. The minimum Gasteiger partial charge on any atom is -0.392 e. The second-order valence-electron chi connectivity index (χ2n) is 6.36. The number of ether oxygens (including phenoxy) is 1. The van der Waals surface area contributed by atoms with Gasteiger partial charge in [-0.3, -0.25) is 0 Å². The first-order chi connectivity index (χ1) is 12.7. The zero-order valence-electron chi connectivity index (χ0n) is 14.4. The van der Waals surface area contributed by atoms with E-state index >= 15 is 0 Å². The van der Waals surface area contributed by atoms with Gasteiger partial charge in [-0.1, -0.05) is 18.2 Å². The lowest BCUT2D eigenvalue weighted by molar-refractivity contribution is 0.0987. The van der Waals surface area contributed by atoms with Crippen molar-refractivity contribution >= 4 is 28.5 Å². The number of rotatable bonds is 3. The van der Waals surface area contributed by atoms with E-state index in [1.54, 1.807) is 0 Å². The van der Waals surface area contributed by atoms with E-state index in [0.717, 1.165) is 34.6 Å². The average Bonchev–Trinajstić information content (AvgIpc) is 2.67. The van der Waals surface area contributed by atoms with Crippen molar-refractivity contribution in [2.24, 2.45) is 0 Å². The van der Waals surface area contributed by atoms with E-state index in [9.17, 15) is 5.11 Å². The van der Waals surface area contributed by atoms with Crippen LogP contribution in [0, 0.1) is 0 Å². The van der Waals surface area contributed by atoms with Crippen molar-refractivity contribution in [3.63, 3.8) is 0 Å². The minimum absolute atomic E-state index is 0.00547. The lowest BCUT2D eigenvalue weighted by atomic mass is 10.1. The Labute approximate surface area is 156 Å². The molecule has 1 unspecified atom stereocenters. The summed E-state index contributed by atoms with van der Waals surface area (Å²) in [5.41, 5.74) is 3.11. The number of benzene rings is 1. The van der Waals surface area contributed by atoms with Gasteiger partial charge in [-0.2, -0.15) is 9.97 Å². The van der Waals surface area contributed by atoms with Gasteiger partial charge < -0.3 is 14.7 Å². The fraction of sp³-hybridized carbons (Fsp3) is 0.316. The number of aliphatic hydroxyl groups excluding tert-OH is 1. The summed E-state index contributed by atoms with van der Waals surface area (Å²) in [4.78, 5) is 15.7. The Balaban J connectivity index is 1.81. The van der Waals surface area contributed by atoms with Crippen LogP contribution in [0.5, 0.6) is 0 Å². The van der Waals surface area contributed by atoms with Crippen molar-refractivity contribution in [1.82, 2.24) is 15.0 Å². The highest BCUT2D eigenvalue weighted by atomic mass is 35.5. The molecular formula is C19H19ClN4O2. The predicted molar refractivity (Wildman–Crippen MR) is 101 cm³/mol. The SMILES string of the molecule is CC1COCCN1c1nc(Cl)nc2nc(-c3cccc(CO)c3)ccc12. The van der Waals surface area contributed by atoms with Crippen molar-refractivity contribution in [3.05, 3.63) is 47.2 Å². The number of nitrogens with zero attached hydrogens (tertiary/aromatic N) is 4. The first-order valence-electron chi connectivity index (χ1n) is 8.54. The lowest BCUT2D eigenvalue weighted by Gasteiger charge is -2.34. The van der Waals surface area contributed by atoms with Gasteiger partial charge in [-0.15, -0.1) is 0 Å². The monoisotopic (exact) mass is 370 g/mol. The molecule has 7 heteroatoms. The first kappa shape index (κ1) is 17.1. The summed E-state index contributed by atoms with van der Waals surface area (Å²) in [6.07, 6.45) is 0. The number of hydrogen-bond acceptors (Lipinski definition) is 6. The van der Waals surface area contributed by atoms with Gasteiger partial charge in [-0.05, 0) is 42.3 Å². The third-order valence-corrected chi connectivity index (χ3v) is 4.73. The largest absolute Gasteiger partial charge is 0.392 e. The second-order valence-corrected chi connectivity index (χ2v) is 6.70. The standard InChI is InChI=1S/C19H19ClN4O2/c1-12-11-26-8-7-24(12)18-15-5-6-16(21-17(15)22-19(20)23-18)14-4-2-3-13(9-14)10-25/h2-6,9,12,25H,7-8,10-11H2,1H3. The van der Waals surface area contributed by atoms with E-state index < -0.39 is 0 Å². The van der Waals surface area contributed by atoms with Gasteiger partial charge in [0.05, 0.1) is 36.9 Å². The number of aromatic nitrogens is 3. The van der Waals surface area contributed by atoms with E-state index in [2.05, 4.69) is 26.8 Å². The zero-order chi connectivity index (χ0) is 18.1. The number of halogens is 1. The van der Waals surface area contributed by atoms with E-state index in [-0.39, 0.29) is 17.9 Å². The fourth-order valence-electron chi connectivity index (χ4n) is 3.22. The van der Waals surface area contributed by atoms with Crippen LogP contribution in [-0.2, 0) is 11.3 Å². The van der Waals surface area contributed by atoms with Crippen molar-refractivity contribution in [2.75, 3.05) is 24.7 Å². The number of fused-ring (bicyclic) bond motifs is 1. The smallest absolute Gasteiger partial charge is 0.226 e. The van der Waals surface area contributed by atoms with Crippen LogP contribution < -0.4 is 4.90 Å². The van der Waals surface area contributed by atoms with E-state index in [4.69, 9.17) is 16.3 Å². The Morgan fingerprint density at radius 1 is 1.23 bits per heavy atom. The van der Waals surface area contributed by atoms with Crippen LogP contribution in [0.25, 0.3) is 22.3 Å². The summed E-state index contributed by atoms with van der Waals surface area (Å²) < 4.78 is 5.52. The number of pyridine rings is 1. The highest BCUT2D eigenvalue weighted by Gasteiger charge is 2.23. The molecule has 1 fully saturated rings. The van der Waals surface area contributed by atoms with Crippen molar-refractivity contribution in [2.45, 2.75) is 19.6 Å². The van der Waals surface area contributed by atoms with Crippen LogP contribution in [0.4, 0.5) is 5.82 Å². The Kier molecular flexibility index (Phi) is 4.72. The first-order valence-corrected chi connectivity index (χ1v) is 8.92. The molecular weight excluding hydrogens is 352 g/mol. The van der Waals surface area contributed by atoms with Crippen molar-refractivity contribution in [3.8, 4) is 11.3 Å². The van der Waals surface area contributed by atoms with Gasteiger partial charge in [0.15, 0.2) is 5.65 Å². The molecule has 0 radical (unpaired) electrons. The number of aliphatic hydroxyl groups is 1. The van der Waals surface area contributed by atoms with Gasteiger partial charge in [-0.25, -0.2) is 4.98 Å². The van der Waals surface area contributed by atoms with E-state index in [0.29, 0.717) is 18.9 Å². The summed E-state index contributed by atoms with van der Waals surface area (Å²) in [5, 5.41) is 10.4. The Bertz CT molecular complexity index is 950. The maximum Gasteiger partial charge on any atom is 0.226 e. The molecule has 1 atom stereocenters. The zero-order valence-corrected chi connectivity index (χ0v) is 15.1. The van der Waals surface area contributed by atoms with E-state index in [1.165, 1.54) is 0 Å². The predicted octanol–water partition coefficient (Wildman–Crippen LogP) is 3.06. The van der Waals surface area contributed by atoms with Gasteiger partial charge in [0.25, 0.3) is 0 Å². The summed E-state index contributed by atoms with van der Waals surface area (Å²) in [6.45, 7) is 4.16. The molecule has 4 rings (SSSR count). The highest BCUT2D eigenvalue weighted by Crippen LogP contribution is 2.29. The molecule has 0 aliphatic carbocycles. The lowest BCUT2D eigenvalue weighted by Crippen LogP contribution is -2.44. The molecule has 3 heterocycles. The summed E-state index contributed by atoms with van der Waals surface area (Å²) in [5.74, 6) is 0.791. The quantitative estimate of drug-likeness (QED) is 0.714. The summed E-state index contributed by atoms with van der Waals surface area (Å²) in [7, 11) is 0. The van der Waals surface area contributed by atoms with Crippen LogP contribution in [-0.4, -0.2) is 45.9 Å².